The summed E-state index contributed by atoms with van der Waals surface area (Å²) < 4.78 is 62.3. The molecule has 0 radical (unpaired) electrons. The van der Waals surface area contributed by atoms with E-state index in [1.54, 1.807) is 0 Å². The summed E-state index contributed by atoms with van der Waals surface area (Å²) in [6.45, 7) is 0. The molecule has 0 amide bonds. The number of nitrogens with zero attached hydrogens (tertiary/aromatic N) is 1. The van der Waals surface area contributed by atoms with E-state index in [2.05, 4.69) is 0 Å². The molecule has 9 heteroatoms. The molecule has 2 rings (SSSR count). The van der Waals surface area contributed by atoms with Gasteiger partial charge in [0.05, 0.1) is 5.75 Å². The molecule has 1 aliphatic heterocycles. The van der Waals surface area contributed by atoms with Crippen LogP contribution in [-0.2, 0) is 14.8 Å². The molecule has 2 aliphatic rings. The Hall–Kier alpha value is -0.830. The van der Waals surface area contributed by atoms with Crippen molar-refractivity contribution in [3.63, 3.8) is 0 Å². The van der Waals surface area contributed by atoms with Crippen LogP contribution in [0, 0.1) is 5.92 Å². The van der Waals surface area contributed by atoms with Crippen LogP contribution < -0.4 is 0 Å². The van der Waals surface area contributed by atoms with E-state index in [0.717, 1.165) is 23.6 Å². The number of carboxylic acids is 1. The molecule has 5 nitrogen and oxygen atoms in total. The summed E-state index contributed by atoms with van der Waals surface area (Å²) in [7, 11) is -3.99. The summed E-state index contributed by atoms with van der Waals surface area (Å²) in [4.78, 5) is 11.3. The van der Waals surface area contributed by atoms with Gasteiger partial charge < -0.3 is 5.11 Å². The Kier molecular flexibility index (Phi) is 5.06. The summed E-state index contributed by atoms with van der Waals surface area (Å²) in [6.07, 6.45) is -2.72. The maximum absolute atomic E-state index is 12.4. The topological polar surface area (TPSA) is 74.7 Å². The van der Waals surface area contributed by atoms with Gasteiger partial charge in [-0.15, -0.1) is 0 Å². The number of alkyl halides is 3. The van der Waals surface area contributed by atoms with Crippen molar-refractivity contribution in [2.75, 3.05) is 5.75 Å². The van der Waals surface area contributed by atoms with Crippen LogP contribution in [0.1, 0.15) is 44.9 Å². The molecule has 0 spiro atoms. The molecule has 3 unspecified atom stereocenters. The third kappa shape index (κ3) is 3.92. The van der Waals surface area contributed by atoms with E-state index in [1.165, 1.54) is 0 Å². The Balaban J connectivity index is 2.13. The first-order valence-electron chi connectivity index (χ1n) is 7.42. The summed E-state index contributed by atoms with van der Waals surface area (Å²) in [5.41, 5.74) is 0. The number of halogens is 3. The number of carbonyl (C=O) groups is 1. The molecule has 22 heavy (non-hydrogen) atoms. The zero-order chi connectivity index (χ0) is 16.5. The third-order valence-electron chi connectivity index (χ3n) is 4.50. The number of sulfonamides is 1. The zero-order valence-corrected chi connectivity index (χ0v) is 12.9. The van der Waals surface area contributed by atoms with Gasteiger partial charge in [0, 0.05) is 12.5 Å². The second-order valence-corrected chi connectivity index (χ2v) is 8.06. The van der Waals surface area contributed by atoms with Crippen LogP contribution in [0.4, 0.5) is 13.2 Å². The minimum absolute atomic E-state index is 0.00670. The second-order valence-electron chi connectivity index (χ2n) is 6.07. The Morgan fingerprint density at radius 1 is 1.23 bits per heavy atom. The van der Waals surface area contributed by atoms with Crippen molar-refractivity contribution in [2.45, 2.75) is 63.2 Å². The lowest BCUT2D eigenvalue weighted by molar-refractivity contribution is -0.141. The first-order chi connectivity index (χ1) is 10.1. The standard InChI is InChI=1S/C13H20F3NO4S/c14-13(15,16)6-3-7-22(20,21)17-10-5-2-1-4-9(10)8-11(17)12(18)19/h9-11H,1-8H2,(H,18,19). The van der Waals surface area contributed by atoms with E-state index in [-0.39, 0.29) is 18.4 Å². The maximum atomic E-state index is 12.4. The number of aliphatic carboxylic acids is 1. The number of carboxylic acid groups (broad SMARTS) is 1. The van der Waals surface area contributed by atoms with Gasteiger partial charge in [0.25, 0.3) is 0 Å². The smallest absolute Gasteiger partial charge is 0.389 e. The van der Waals surface area contributed by atoms with Crippen molar-refractivity contribution in [1.82, 2.24) is 4.31 Å². The molecule has 128 valence electrons. The highest BCUT2D eigenvalue weighted by molar-refractivity contribution is 7.89. The van der Waals surface area contributed by atoms with Crippen LogP contribution in [0.5, 0.6) is 0 Å². The van der Waals surface area contributed by atoms with Gasteiger partial charge in [0.2, 0.25) is 10.0 Å². The number of hydrogen-bond acceptors (Lipinski definition) is 3. The highest BCUT2D eigenvalue weighted by atomic mass is 32.2. The summed E-state index contributed by atoms with van der Waals surface area (Å²) in [6, 6.07) is -1.50. The largest absolute Gasteiger partial charge is 0.480 e. The van der Waals surface area contributed by atoms with Gasteiger partial charge in [-0.1, -0.05) is 12.8 Å². The molecule has 0 bridgehead atoms. The molecule has 2 fully saturated rings. The summed E-state index contributed by atoms with van der Waals surface area (Å²) in [5.74, 6) is -1.86. The lowest BCUT2D eigenvalue weighted by atomic mass is 9.85. The van der Waals surface area contributed by atoms with Gasteiger partial charge in [0.15, 0.2) is 0 Å². The zero-order valence-electron chi connectivity index (χ0n) is 12.1. The van der Waals surface area contributed by atoms with Gasteiger partial charge in [-0.2, -0.15) is 17.5 Å². The fourth-order valence-corrected chi connectivity index (χ4v) is 5.56. The fourth-order valence-electron chi connectivity index (χ4n) is 3.59. The molecule has 1 aliphatic carbocycles. The second kappa shape index (κ2) is 6.35. The maximum Gasteiger partial charge on any atom is 0.389 e. The van der Waals surface area contributed by atoms with Gasteiger partial charge in [-0.3, -0.25) is 4.79 Å². The van der Waals surface area contributed by atoms with Gasteiger partial charge >= 0.3 is 12.1 Å². The van der Waals surface area contributed by atoms with E-state index in [0.29, 0.717) is 6.42 Å². The van der Waals surface area contributed by atoms with Crippen LogP contribution in [0.3, 0.4) is 0 Å². The molecule has 1 N–H and O–H groups in total. The SMILES string of the molecule is O=C(O)C1CC2CCCCC2N1S(=O)(=O)CCCC(F)(F)F. The van der Waals surface area contributed by atoms with Crippen LogP contribution in [0.2, 0.25) is 0 Å². The van der Waals surface area contributed by atoms with Crippen molar-refractivity contribution in [3.8, 4) is 0 Å². The molecular formula is C13H20F3NO4S. The molecule has 0 aromatic carbocycles. The highest BCUT2D eigenvalue weighted by Gasteiger charge is 2.50. The monoisotopic (exact) mass is 343 g/mol. The third-order valence-corrected chi connectivity index (χ3v) is 6.47. The van der Waals surface area contributed by atoms with Gasteiger partial charge in [-0.25, -0.2) is 8.42 Å². The van der Waals surface area contributed by atoms with Gasteiger partial charge in [-0.05, 0) is 31.6 Å². The Morgan fingerprint density at radius 3 is 2.45 bits per heavy atom. The van der Waals surface area contributed by atoms with Crippen LogP contribution in [-0.4, -0.2) is 47.8 Å². The minimum Gasteiger partial charge on any atom is -0.480 e. The van der Waals surface area contributed by atoms with Crippen LogP contribution in [0.15, 0.2) is 0 Å². The summed E-state index contributed by atoms with van der Waals surface area (Å²) in [5, 5.41) is 9.26. The summed E-state index contributed by atoms with van der Waals surface area (Å²) >= 11 is 0. The normalized spacial score (nSPS) is 30.2. The predicted molar refractivity (Wildman–Crippen MR) is 72.7 cm³/mol. The molecule has 0 aromatic heterocycles. The van der Waals surface area contributed by atoms with E-state index >= 15 is 0 Å². The Labute approximate surface area is 127 Å². The Bertz CT molecular complexity index is 520. The molecule has 1 saturated heterocycles. The highest BCUT2D eigenvalue weighted by Crippen LogP contribution is 2.41. The molecule has 3 atom stereocenters. The lowest BCUT2D eigenvalue weighted by Crippen LogP contribution is -2.47. The lowest BCUT2D eigenvalue weighted by Gasteiger charge is -2.32. The van der Waals surface area contributed by atoms with E-state index in [1.807, 2.05) is 0 Å². The number of hydrogen-bond donors (Lipinski definition) is 1. The average Bonchev–Trinajstić information content (AvgIpc) is 2.76. The first kappa shape index (κ1) is 17.5. The van der Waals surface area contributed by atoms with Crippen molar-refractivity contribution in [3.05, 3.63) is 0 Å². The number of rotatable bonds is 5. The van der Waals surface area contributed by atoms with E-state index in [4.69, 9.17) is 0 Å². The van der Waals surface area contributed by atoms with Gasteiger partial charge in [0.1, 0.15) is 6.04 Å². The first-order valence-corrected chi connectivity index (χ1v) is 9.03. The number of fused-ring (bicyclic) bond motifs is 1. The van der Waals surface area contributed by atoms with E-state index < -0.39 is 46.8 Å². The minimum atomic E-state index is -4.40. The van der Waals surface area contributed by atoms with Crippen LogP contribution >= 0.6 is 0 Å². The Morgan fingerprint density at radius 2 is 1.86 bits per heavy atom. The molecule has 0 aromatic rings. The van der Waals surface area contributed by atoms with Crippen molar-refractivity contribution >= 4 is 16.0 Å². The molecule has 1 heterocycles. The predicted octanol–water partition coefficient (Wildman–Crippen LogP) is 2.38. The average molecular weight is 343 g/mol. The van der Waals surface area contributed by atoms with E-state index in [9.17, 15) is 31.5 Å². The fraction of sp³-hybridized carbons (Fsp3) is 0.923. The molecule has 1 saturated carbocycles. The van der Waals surface area contributed by atoms with Crippen molar-refractivity contribution in [1.29, 1.82) is 0 Å². The molecular weight excluding hydrogens is 323 g/mol. The van der Waals surface area contributed by atoms with Crippen LogP contribution in [0.25, 0.3) is 0 Å². The van der Waals surface area contributed by atoms with Crippen molar-refractivity contribution in [2.24, 2.45) is 5.92 Å². The quantitative estimate of drug-likeness (QED) is 0.832. The van der Waals surface area contributed by atoms with Crippen molar-refractivity contribution < 1.29 is 31.5 Å².